The molecular weight excluding hydrogens is 256 g/mol. The van der Waals surface area contributed by atoms with Gasteiger partial charge in [-0.25, -0.2) is 0 Å². The van der Waals surface area contributed by atoms with E-state index < -0.39 is 0 Å². The highest BCUT2D eigenvalue weighted by Crippen LogP contribution is 2.23. The van der Waals surface area contributed by atoms with Crippen LogP contribution < -0.4 is 5.73 Å². The lowest BCUT2D eigenvalue weighted by atomic mass is 9.99. The number of halogens is 1. The molecule has 0 atom stereocenters. The summed E-state index contributed by atoms with van der Waals surface area (Å²) in [7, 11) is 0. The highest BCUT2D eigenvalue weighted by molar-refractivity contribution is 6.30. The maximum Gasteiger partial charge on any atom is 0.0406 e. The first kappa shape index (κ1) is 12.5. The van der Waals surface area contributed by atoms with Crippen LogP contribution in [-0.2, 0) is 19.5 Å². The Morgan fingerprint density at radius 2 is 1.84 bits per heavy atom. The maximum absolute atomic E-state index is 5.91. The molecule has 3 heteroatoms. The summed E-state index contributed by atoms with van der Waals surface area (Å²) in [4.78, 5) is 2.45. The Morgan fingerprint density at radius 3 is 2.63 bits per heavy atom. The summed E-state index contributed by atoms with van der Waals surface area (Å²) < 4.78 is 0. The van der Waals surface area contributed by atoms with Gasteiger partial charge in [0.2, 0.25) is 0 Å². The van der Waals surface area contributed by atoms with Gasteiger partial charge in [-0.2, -0.15) is 0 Å². The molecule has 0 spiro atoms. The number of benzene rings is 2. The van der Waals surface area contributed by atoms with Gasteiger partial charge >= 0.3 is 0 Å². The lowest BCUT2D eigenvalue weighted by molar-refractivity contribution is 0.245. The molecule has 1 aliphatic rings. The van der Waals surface area contributed by atoms with E-state index in [1.165, 1.54) is 16.7 Å². The van der Waals surface area contributed by atoms with Gasteiger partial charge in [0.15, 0.2) is 0 Å². The Balaban J connectivity index is 1.73. The van der Waals surface area contributed by atoms with Crippen LogP contribution in [-0.4, -0.2) is 11.4 Å². The third-order valence-corrected chi connectivity index (χ3v) is 3.89. The third kappa shape index (κ3) is 2.91. The number of hydrogen-bond donors (Lipinski definition) is 1. The molecule has 3 rings (SSSR count). The molecule has 98 valence electrons. The molecule has 2 aromatic carbocycles. The molecule has 0 saturated carbocycles. The molecule has 0 saturated heterocycles. The number of hydrogen-bond acceptors (Lipinski definition) is 2. The Labute approximate surface area is 118 Å². The molecule has 0 aliphatic carbocycles. The summed E-state index contributed by atoms with van der Waals surface area (Å²) in [6.07, 6.45) is 1.10. The average molecular weight is 273 g/mol. The van der Waals surface area contributed by atoms with Crippen LogP contribution in [0.5, 0.6) is 0 Å². The smallest absolute Gasteiger partial charge is 0.0406 e. The van der Waals surface area contributed by atoms with Crippen LogP contribution in [0.4, 0.5) is 5.69 Å². The molecule has 2 aromatic rings. The Kier molecular flexibility index (Phi) is 3.45. The van der Waals surface area contributed by atoms with Crippen LogP contribution >= 0.6 is 11.6 Å². The van der Waals surface area contributed by atoms with Gasteiger partial charge in [-0.15, -0.1) is 0 Å². The molecule has 0 amide bonds. The van der Waals surface area contributed by atoms with Gasteiger partial charge in [0, 0.05) is 30.3 Å². The second-order valence-electron chi connectivity index (χ2n) is 5.12. The van der Waals surface area contributed by atoms with Crippen molar-refractivity contribution >= 4 is 17.3 Å². The minimum Gasteiger partial charge on any atom is -0.399 e. The van der Waals surface area contributed by atoms with Crippen LogP contribution in [0.1, 0.15) is 16.7 Å². The van der Waals surface area contributed by atoms with E-state index in [-0.39, 0.29) is 0 Å². The topological polar surface area (TPSA) is 29.3 Å². The highest BCUT2D eigenvalue weighted by atomic mass is 35.5. The fourth-order valence-electron chi connectivity index (χ4n) is 2.62. The first-order valence-electron chi connectivity index (χ1n) is 6.55. The van der Waals surface area contributed by atoms with Gasteiger partial charge in [0.05, 0.1) is 0 Å². The van der Waals surface area contributed by atoms with E-state index in [9.17, 15) is 0 Å². The molecule has 0 fully saturated rings. The molecule has 2 N–H and O–H groups in total. The maximum atomic E-state index is 5.91. The predicted molar refractivity (Wildman–Crippen MR) is 80.1 cm³/mol. The van der Waals surface area contributed by atoms with E-state index in [4.69, 9.17) is 17.3 Å². The van der Waals surface area contributed by atoms with Gasteiger partial charge in [-0.1, -0.05) is 29.8 Å². The van der Waals surface area contributed by atoms with Crippen molar-refractivity contribution in [2.24, 2.45) is 0 Å². The van der Waals surface area contributed by atoms with E-state index in [1.807, 2.05) is 18.2 Å². The van der Waals surface area contributed by atoms with Crippen LogP contribution in [0.2, 0.25) is 5.02 Å². The molecular formula is C16H17ClN2. The second kappa shape index (κ2) is 5.24. The number of nitrogens with two attached hydrogens (primary N) is 1. The fourth-order valence-corrected chi connectivity index (χ4v) is 2.74. The highest BCUT2D eigenvalue weighted by Gasteiger charge is 2.16. The van der Waals surface area contributed by atoms with Gasteiger partial charge in [0.1, 0.15) is 0 Å². The summed E-state index contributed by atoms with van der Waals surface area (Å²) >= 11 is 5.91. The van der Waals surface area contributed by atoms with Crippen molar-refractivity contribution in [1.29, 1.82) is 0 Å². The largest absolute Gasteiger partial charge is 0.399 e. The number of nitrogen functional groups attached to an aromatic ring is 1. The van der Waals surface area contributed by atoms with Gasteiger partial charge in [-0.3, -0.25) is 4.90 Å². The molecule has 0 radical (unpaired) electrons. The lowest BCUT2D eigenvalue weighted by Gasteiger charge is -2.29. The standard InChI is InChI=1S/C16H17ClN2/c17-15-4-1-12(2-5-15)10-19-8-7-13-3-6-16(18)9-14(13)11-19/h1-6,9H,7-8,10-11,18H2. The quantitative estimate of drug-likeness (QED) is 0.848. The zero-order valence-electron chi connectivity index (χ0n) is 10.8. The van der Waals surface area contributed by atoms with Gasteiger partial charge < -0.3 is 5.73 Å². The van der Waals surface area contributed by atoms with Crippen molar-refractivity contribution in [3.63, 3.8) is 0 Å². The number of rotatable bonds is 2. The van der Waals surface area contributed by atoms with Crippen molar-refractivity contribution in [1.82, 2.24) is 4.90 Å². The Hall–Kier alpha value is -1.51. The normalized spacial score (nSPS) is 15.2. The minimum atomic E-state index is 0.792. The molecule has 19 heavy (non-hydrogen) atoms. The molecule has 1 heterocycles. The second-order valence-corrected chi connectivity index (χ2v) is 5.55. The predicted octanol–water partition coefficient (Wildman–Crippen LogP) is 3.48. The molecule has 0 aromatic heterocycles. The van der Waals surface area contributed by atoms with E-state index in [0.29, 0.717) is 0 Å². The Bertz CT molecular complexity index is 578. The van der Waals surface area contributed by atoms with Crippen LogP contribution in [0.15, 0.2) is 42.5 Å². The monoisotopic (exact) mass is 272 g/mol. The Morgan fingerprint density at radius 1 is 1.05 bits per heavy atom. The van der Waals surface area contributed by atoms with Crippen molar-refractivity contribution in [3.8, 4) is 0 Å². The summed E-state index contributed by atoms with van der Waals surface area (Å²) in [5.41, 5.74) is 10.8. The van der Waals surface area contributed by atoms with Crippen molar-refractivity contribution in [2.45, 2.75) is 19.5 Å². The van der Waals surface area contributed by atoms with Crippen molar-refractivity contribution < 1.29 is 0 Å². The van der Waals surface area contributed by atoms with Gasteiger partial charge in [-0.05, 0) is 47.4 Å². The van der Waals surface area contributed by atoms with Gasteiger partial charge in [0.25, 0.3) is 0 Å². The molecule has 2 nitrogen and oxygen atoms in total. The van der Waals surface area contributed by atoms with E-state index >= 15 is 0 Å². The number of fused-ring (bicyclic) bond motifs is 1. The lowest BCUT2D eigenvalue weighted by Crippen LogP contribution is -2.30. The van der Waals surface area contributed by atoms with Crippen LogP contribution in [0.3, 0.4) is 0 Å². The molecule has 0 bridgehead atoms. The summed E-state index contributed by atoms with van der Waals surface area (Å²) in [6.45, 7) is 3.04. The zero-order valence-corrected chi connectivity index (χ0v) is 11.5. The van der Waals surface area contributed by atoms with Crippen LogP contribution in [0, 0.1) is 0 Å². The van der Waals surface area contributed by atoms with E-state index in [2.05, 4.69) is 29.2 Å². The SMILES string of the molecule is Nc1ccc2c(c1)CN(Cc1ccc(Cl)cc1)CC2. The molecule has 0 unspecified atom stereocenters. The number of anilines is 1. The van der Waals surface area contributed by atoms with E-state index in [0.717, 1.165) is 36.8 Å². The summed E-state index contributed by atoms with van der Waals surface area (Å²) in [5, 5.41) is 0.792. The van der Waals surface area contributed by atoms with E-state index in [1.54, 1.807) is 0 Å². The van der Waals surface area contributed by atoms with Crippen LogP contribution in [0.25, 0.3) is 0 Å². The summed E-state index contributed by atoms with van der Waals surface area (Å²) in [6, 6.07) is 14.3. The van der Waals surface area contributed by atoms with Crippen molar-refractivity contribution in [2.75, 3.05) is 12.3 Å². The first-order valence-corrected chi connectivity index (χ1v) is 6.92. The minimum absolute atomic E-state index is 0.792. The zero-order chi connectivity index (χ0) is 13.2. The summed E-state index contributed by atoms with van der Waals surface area (Å²) in [5.74, 6) is 0. The molecule has 1 aliphatic heterocycles. The number of nitrogens with zero attached hydrogens (tertiary/aromatic N) is 1. The fraction of sp³-hybridized carbons (Fsp3) is 0.250. The average Bonchev–Trinajstić information content (AvgIpc) is 2.41. The third-order valence-electron chi connectivity index (χ3n) is 3.64. The first-order chi connectivity index (χ1) is 9.20. The van der Waals surface area contributed by atoms with Crippen molar-refractivity contribution in [3.05, 3.63) is 64.2 Å².